The molecule has 0 fully saturated rings. The lowest BCUT2D eigenvalue weighted by atomic mass is 10.0. The molecule has 0 spiro atoms. The van der Waals surface area contributed by atoms with Crippen molar-refractivity contribution in [3.05, 3.63) is 46.2 Å². The van der Waals surface area contributed by atoms with Crippen LogP contribution in [0.1, 0.15) is 46.1 Å². The van der Waals surface area contributed by atoms with E-state index in [9.17, 15) is 4.79 Å². The van der Waals surface area contributed by atoms with Gasteiger partial charge in [0.2, 0.25) is 0 Å². The van der Waals surface area contributed by atoms with E-state index in [0.29, 0.717) is 0 Å². The van der Waals surface area contributed by atoms with Crippen LogP contribution in [-0.2, 0) is 12.0 Å². The standard InChI is InChI=1S/C17H24N2O/c1-5-6-12-14-15(13-10-8-7-9-11-13)18-19(16(14)20)17(2,3)4/h7-11,18H,5-6,12H2,1-4H3. The first-order valence-electron chi connectivity index (χ1n) is 7.35. The Morgan fingerprint density at radius 1 is 1.15 bits per heavy atom. The summed E-state index contributed by atoms with van der Waals surface area (Å²) in [6, 6.07) is 10.1. The molecule has 1 aromatic heterocycles. The van der Waals surface area contributed by atoms with Crippen LogP contribution in [0.15, 0.2) is 35.1 Å². The van der Waals surface area contributed by atoms with Crippen LogP contribution in [0.2, 0.25) is 0 Å². The molecule has 3 nitrogen and oxygen atoms in total. The van der Waals surface area contributed by atoms with Crippen LogP contribution in [0.5, 0.6) is 0 Å². The monoisotopic (exact) mass is 272 g/mol. The molecule has 0 aliphatic heterocycles. The molecule has 0 bridgehead atoms. The van der Waals surface area contributed by atoms with Gasteiger partial charge in [0.15, 0.2) is 0 Å². The van der Waals surface area contributed by atoms with Gasteiger partial charge in [0, 0.05) is 5.56 Å². The maximum absolute atomic E-state index is 12.6. The number of benzene rings is 1. The molecule has 0 amide bonds. The first kappa shape index (κ1) is 14.6. The molecule has 3 heteroatoms. The Balaban J connectivity index is 2.58. The van der Waals surface area contributed by atoms with Crippen molar-refractivity contribution in [2.24, 2.45) is 0 Å². The SMILES string of the molecule is CCCCc1c(-c2ccccc2)[nH]n(C(C)(C)C)c1=O. The second-order valence-electron chi connectivity index (χ2n) is 6.25. The topological polar surface area (TPSA) is 37.8 Å². The highest BCUT2D eigenvalue weighted by Gasteiger charge is 2.22. The van der Waals surface area contributed by atoms with Crippen LogP contribution in [0.4, 0.5) is 0 Å². The van der Waals surface area contributed by atoms with Gasteiger partial charge in [-0.2, -0.15) is 0 Å². The fourth-order valence-corrected chi connectivity index (χ4v) is 2.37. The van der Waals surface area contributed by atoms with Crippen molar-refractivity contribution in [3.63, 3.8) is 0 Å². The van der Waals surface area contributed by atoms with Crippen molar-refractivity contribution in [1.29, 1.82) is 0 Å². The summed E-state index contributed by atoms with van der Waals surface area (Å²) in [7, 11) is 0. The van der Waals surface area contributed by atoms with E-state index in [4.69, 9.17) is 0 Å². The van der Waals surface area contributed by atoms with Gasteiger partial charge >= 0.3 is 0 Å². The Kier molecular flexibility index (Phi) is 4.17. The minimum atomic E-state index is -0.231. The van der Waals surface area contributed by atoms with E-state index in [2.05, 4.69) is 12.0 Å². The van der Waals surface area contributed by atoms with Gasteiger partial charge in [-0.25, -0.2) is 4.68 Å². The summed E-state index contributed by atoms with van der Waals surface area (Å²) in [6.07, 6.45) is 2.96. The molecular formula is C17H24N2O. The summed E-state index contributed by atoms with van der Waals surface area (Å²) in [6.45, 7) is 8.28. The van der Waals surface area contributed by atoms with Crippen molar-refractivity contribution in [2.75, 3.05) is 0 Å². The van der Waals surface area contributed by atoms with E-state index in [1.54, 1.807) is 4.68 Å². The van der Waals surface area contributed by atoms with E-state index in [1.165, 1.54) is 0 Å². The second kappa shape index (κ2) is 5.70. The summed E-state index contributed by atoms with van der Waals surface area (Å²) in [4.78, 5) is 12.6. The van der Waals surface area contributed by atoms with Gasteiger partial charge in [-0.15, -0.1) is 0 Å². The summed E-state index contributed by atoms with van der Waals surface area (Å²) in [5.41, 5.74) is 2.85. The Bertz CT molecular complexity index is 615. The molecule has 0 saturated carbocycles. The van der Waals surface area contributed by atoms with Gasteiger partial charge in [-0.1, -0.05) is 43.7 Å². The average Bonchev–Trinajstić information content (AvgIpc) is 2.74. The van der Waals surface area contributed by atoms with Crippen LogP contribution >= 0.6 is 0 Å². The van der Waals surface area contributed by atoms with Gasteiger partial charge in [-0.05, 0) is 39.2 Å². The number of nitrogens with one attached hydrogen (secondary N) is 1. The maximum atomic E-state index is 12.6. The summed E-state index contributed by atoms with van der Waals surface area (Å²) in [5, 5.41) is 3.32. The van der Waals surface area contributed by atoms with E-state index in [-0.39, 0.29) is 11.1 Å². The lowest BCUT2D eigenvalue weighted by Crippen LogP contribution is -2.33. The first-order chi connectivity index (χ1) is 9.45. The Morgan fingerprint density at radius 3 is 2.35 bits per heavy atom. The maximum Gasteiger partial charge on any atom is 0.270 e. The number of hydrogen-bond donors (Lipinski definition) is 1. The van der Waals surface area contributed by atoms with Crippen LogP contribution in [0.25, 0.3) is 11.3 Å². The first-order valence-corrected chi connectivity index (χ1v) is 7.35. The minimum Gasteiger partial charge on any atom is -0.294 e. The van der Waals surface area contributed by atoms with Gasteiger partial charge in [0.1, 0.15) is 0 Å². The summed E-state index contributed by atoms with van der Waals surface area (Å²) >= 11 is 0. The van der Waals surface area contributed by atoms with Crippen LogP contribution in [-0.4, -0.2) is 9.78 Å². The molecule has 1 aromatic carbocycles. The zero-order valence-electron chi connectivity index (χ0n) is 12.9. The lowest BCUT2D eigenvalue weighted by Gasteiger charge is -2.19. The van der Waals surface area contributed by atoms with Gasteiger partial charge in [-0.3, -0.25) is 9.89 Å². The fraction of sp³-hybridized carbons (Fsp3) is 0.471. The van der Waals surface area contributed by atoms with Gasteiger partial charge in [0.25, 0.3) is 5.56 Å². The van der Waals surface area contributed by atoms with Gasteiger partial charge in [0.05, 0.1) is 11.2 Å². The highest BCUT2D eigenvalue weighted by Crippen LogP contribution is 2.23. The molecule has 1 N–H and O–H groups in total. The van der Waals surface area contributed by atoms with E-state index in [1.807, 2.05) is 51.1 Å². The molecular weight excluding hydrogens is 248 g/mol. The number of hydrogen-bond acceptors (Lipinski definition) is 1. The van der Waals surface area contributed by atoms with Crippen LogP contribution < -0.4 is 5.56 Å². The number of aromatic nitrogens is 2. The van der Waals surface area contributed by atoms with E-state index < -0.39 is 0 Å². The summed E-state index contributed by atoms with van der Waals surface area (Å²) in [5.74, 6) is 0. The molecule has 0 atom stereocenters. The molecule has 1 heterocycles. The third-order valence-electron chi connectivity index (χ3n) is 3.50. The van der Waals surface area contributed by atoms with Crippen molar-refractivity contribution in [1.82, 2.24) is 9.78 Å². The highest BCUT2D eigenvalue weighted by atomic mass is 16.1. The minimum absolute atomic E-state index is 0.116. The average molecular weight is 272 g/mol. The molecule has 0 aliphatic carbocycles. The zero-order chi connectivity index (χ0) is 14.8. The molecule has 2 aromatic rings. The third-order valence-corrected chi connectivity index (χ3v) is 3.50. The predicted molar refractivity (Wildman–Crippen MR) is 84.1 cm³/mol. The molecule has 0 aliphatic rings. The summed E-state index contributed by atoms with van der Waals surface area (Å²) < 4.78 is 1.75. The second-order valence-corrected chi connectivity index (χ2v) is 6.25. The molecule has 0 unspecified atom stereocenters. The number of rotatable bonds is 4. The Morgan fingerprint density at radius 2 is 1.80 bits per heavy atom. The molecule has 20 heavy (non-hydrogen) atoms. The van der Waals surface area contributed by atoms with Gasteiger partial charge < -0.3 is 0 Å². The number of aromatic amines is 1. The molecule has 108 valence electrons. The normalized spacial score (nSPS) is 11.8. The number of H-pyrrole nitrogens is 1. The number of nitrogens with zero attached hydrogens (tertiary/aromatic N) is 1. The lowest BCUT2D eigenvalue weighted by molar-refractivity contribution is 0.346. The Hall–Kier alpha value is -1.77. The van der Waals surface area contributed by atoms with E-state index >= 15 is 0 Å². The van der Waals surface area contributed by atoms with E-state index in [0.717, 1.165) is 36.1 Å². The quantitative estimate of drug-likeness (QED) is 0.899. The smallest absolute Gasteiger partial charge is 0.270 e. The fourth-order valence-electron chi connectivity index (χ4n) is 2.37. The van der Waals surface area contributed by atoms with Crippen molar-refractivity contribution >= 4 is 0 Å². The molecule has 0 radical (unpaired) electrons. The predicted octanol–water partition coefficient (Wildman–Crippen LogP) is 3.94. The highest BCUT2D eigenvalue weighted by molar-refractivity contribution is 5.62. The third kappa shape index (κ3) is 2.87. The zero-order valence-corrected chi connectivity index (χ0v) is 12.9. The van der Waals surface area contributed by atoms with Crippen molar-refractivity contribution < 1.29 is 0 Å². The van der Waals surface area contributed by atoms with Crippen LogP contribution in [0, 0.1) is 0 Å². The Labute approximate surface area is 120 Å². The van der Waals surface area contributed by atoms with Crippen LogP contribution in [0.3, 0.4) is 0 Å². The number of unbranched alkanes of at least 4 members (excludes halogenated alkanes) is 1. The molecule has 2 rings (SSSR count). The van der Waals surface area contributed by atoms with Crippen molar-refractivity contribution in [2.45, 2.75) is 52.5 Å². The van der Waals surface area contributed by atoms with Crippen molar-refractivity contribution in [3.8, 4) is 11.3 Å². The molecule has 0 saturated heterocycles. The largest absolute Gasteiger partial charge is 0.294 e.